The third kappa shape index (κ3) is 7.89. The molecule has 8 aliphatic carbocycles. The highest BCUT2D eigenvalue weighted by molar-refractivity contribution is 5.95. The summed E-state index contributed by atoms with van der Waals surface area (Å²) in [6.07, 6.45) is 5.24. The fraction of sp³-hybridized carbons (Fsp3) is 0.764. The Morgan fingerprint density at radius 3 is 1.82 bits per heavy atom. The Hall–Kier alpha value is -3.63. The molecule has 0 aromatic rings. The number of halogens is 2. The molecular formula is C55H72F2O17. The molecule has 0 aromatic heterocycles. The molecule has 10 aliphatic rings. The molecule has 2 aliphatic heterocycles. The number of carbonyl (C=O) groups excluding carboxylic acids is 5. The molecule has 4 saturated carbocycles. The Labute approximate surface area is 429 Å². The van der Waals surface area contributed by atoms with Gasteiger partial charge < -0.3 is 58.0 Å². The average Bonchev–Trinajstić information content (AvgIpc) is 3.96. The van der Waals surface area contributed by atoms with Gasteiger partial charge in [0.05, 0.1) is 50.8 Å². The van der Waals surface area contributed by atoms with E-state index in [2.05, 4.69) is 0 Å². The van der Waals surface area contributed by atoms with Gasteiger partial charge in [0.25, 0.3) is 0 Å². The number of hydrogen-bond acceptors (Lipinski definition) is 17. The SMILES string of the molecule is CC1(C)O[C@H]2CC3C(C[C@H](O)[C@@]4(F)C3CC=C3CC(=O)C=CC34C)[C@@]2(C(O)COC(=O)COCCOCCOCC(=O)OCC(=O)[C@@]23OC(C)(C)O[C@@H]2CC2C4CC=C5CC(=O)C=CC5(C)[C@@]4(F)[C@H](O)CC23C)O1. The Morgan fingerprint density at radius 1 is 0.662 bits per heavy atom. The summed E-state index contributed by atoms with van der Waals surface area (Å²) in [7, 11) is 0. The van der Waals surface area contributed by atoms with Crippen LogP contribution in [0, 0.1) is 45.8 Å². The van der Waals surface area contributed by atoms with Gasteiger partial charge in [-0.25, -0.2) is 18.4 Å². The van der Waals surface area contributed by atoms with Crippen LogP contribution in [0.4, 0.5) is 8.78 Å². The second kappa shape index (κ2) is 18.5. The van der Waals surface area contributed by atoms with Gasteiger partial charge in [0.1, 0.15) is 31.5 Å². The molecule has 17 atom stereocenters. The standard InChI is InChI=1S/C55H72F2O17/c1-47(2)71-43-22-34-35-10-8-30-20-32(58)12-14-49(30,5)53(35,56)39(60)23-37(34)52(43,73-47)41(62)26-69-45(64)28-67-18-16-66-17-19-68-29-46(65)70-27-42(63)55-44(72-48(3,4)74-55)24-38-36-11-9-31-21-33(59)13-15-50(31,6)54(36,57)40(61)25-51(38,55)7/h8-9,12-15,34-41,43-44,60-62H,10-11,16-29H2,1-7H3/t34?,35?,36?,37?,38?,39-,40+,41?,43-,44+,49?,50?,51?,52-,53-,54-,55+/m0/s1. The van der Waals surface area contributed by atoms with Gasteiger partial charge in [0, 0.05) is 40.9 Å². The molecule has 0 amide bonds. The molecule has 0 bridgehead atoms. The second-order valence-electron chi connectivity index (χ2n) is 24.1. The van der Waals surface area contributed by atoms with Crippen LogP contribution in [-0.2, 0) is 66.6 Å². The van der Waals surface area contributed by atoms with Crippen LogP contribution < -0.4 is 0 Å². The van der Waals surface area contributed by atoms with E-state index in [1.165, 1.54) is 12.2 Å². The van der Waals surface area contributed by atoms with Crippen molar-refractivity contribution < 1.29 is 90.7 Å². The molecule has 0 radical (unpaired) electrons. The Bertz CT molecular complexity index is 2450. The number of carbonyl (C=O) groups is 5. The summed E-state index contributed by atoms with van der Waals surface area (Å²) >= 11 is 0. The number of alkyl halides is 2. The van der Waals surface area contributed by atoms with E-state index in [1.54, 1.807) is 53.7 Å². The van der Waals surface area contributed by atoms with Crippen molar-refractivity contribution in [1.82, 2.24) is 0 Å². The molecule has 19 heteroatoms. The maximum absolute atomic E-state index is 17.7. The zero-order chi connectivity index (χ0) is 53.2. The number of hydrogen-bond donors (Lipinski definition) is 3. The van der Waals surface area contributed by atoms with E-state index in [-0.39, 0.29) is 82.4 Å². The third-order valence-corrected chi connectivity index (χ3v) is 19.5. The molecule has 0 spiro atoms. The van der Waals surface area contributed by atoms with Gasteiger partial charge in [-0.1, -0.05) is 42.4 Å². The summed E-state index contributed by atoms with van der Waals surface area (Å²) in [6, 6.07) is 0. The number of allylic oxidation sites excluding steroid dienone is 8. The lowest BCUT2D eigenvalue weighted by atomic mass is 9.45. The topological polar surface area (TPSA) is 229 Å². The number of ketones is 3. The van der Waals surface area contributed by atoms with Crippen molar-refractivity contribution in [3.05, 3.63) is 47.6 Å². The Kier molecular flexibility index (Phi) is 13.4. The lowest BCUT2D eigenvalue weighted by Crippen LogP contribution is -2.69. The van der Waals surface area contributed by atoms with Crippen molar-refractivity contribution >= 4 is 29.3 Å². The normalized spacial score (nSPS) is 45.1. The summed E-state index contributed by atoms with van der Waals surface area (Å²) < 4.78 is 88.2. The van der Waals surface area contributed by atoms with Crippen LogP contribution in [0.5, 0.6) is 0 Å². The van der Waals surface area contributed by atoms with Gasteiger partial charge >= 0.3 is 11.9 Å². The van der Waals surface area contributed by atoms with E-state index in [4.69, 9.17) is 42.6 Å². The fourth-order valence-corrected chi connectivity index (χ4v) is 16.4. The minimum Gasteiger partial charge on any atom is -0.461 e. The molecule has 408 valence electrons. The monoisotopic (exact) mass is 1040 g/mol. The lowest BCUT2D eigenvalue weighted by molar-refractivity contribution is -0.243. The minimum atomic E-state index is -2.11. The predicted octanol–water partition coefficient (Wildman–Crippen LogP) is 4.40. The first kappa shape index (κ1) is 53.8. The summed E-state index contributed by atoms with van der Waals surface area (Å²) in [5.74, 6) is -7.36. The zero-order valence-corrected chi connectivity index (χ0v) is 43.4. The van der Waals surface area contributed by atoms with Crippen LogP contribution in [0.25, 0.3) is 0 Å². The van der Waals surface area contributed by atoms with E-state index >= 15 is 8.78 Å². The van der Waals surface area contributed by atoms with Crippen molar-refractivity contribution in [3.8, 4) is 0 Å². The van der Waals surface area contributed by atoms with E-state index in [1.807, 2.05) is 19.1 Å². The minimum absolute atomic E-state index is 0.00426. The van der Waals surface area contributed by atoms with Gasteiger partial charge in [0.2, 0.25) is 5.78 Å². The number of rotatable bonds is 16. The van der Waals surface area contributed by atoms with Crippen LogP contribution in [0.2, 0.25) is 0 Å². The smallest absolute Gasteiger partial charge is 0.332 e. The number of aliphatic hydroxyl groups excluding tert-OH is 3. The van der Waals surface area contributed by atoms with Crippen molar-refractivity contribution in [2.24, 2.45) is 45.8 Å². The number of fused-ring (bicyclic) bond motifs is 14. The summed E-state index contributed by atoms with van der Waals surface area (Å²) in [4.78, 5) is 64.6. The third-order valence-electron chi connectivity index (χ3n) is 19.5. The van der Waals surface area contributed by atoms with E-state index in [0.29, 0.717) is 24.0 Å². The van der Waals surface area contributed by atoms with Gasteiger partial charge in [-0.15, -0.1) is 0 Å². The predicted molar refractivity (Wildman–Crippen MR) is 254 cm³/mol. The van der Waals surface area contributed by atoms with Crippen LogP contribution >= 0.6 is 0 Å². The van der Waals surface area contributed by atoms with Crippen molar-refractivity contribution in [2.45, 2.75) is 164 Å². The van der Waals surface area contributed by atoms with Crippen LogP contribution in [0.15, 0.2) is 47.6 Å². The molecular weight excluding hydrogens is 971 g/mol. The van der Waals surface area contributed by atoms with Crippen molar-refractivity contribution in [2.75, 3.05) is 52.9 Å². The highest BCUT2D eigenvalue weighted by Gasteiger charge is 2.80. The lowest BCUT2D eigenvalue weighted by Gasteiger charge is -2.62. The molecule has 0 aromatic carbocycles. The Balaban J connectivity index is 0.653. The summed E-state index contributed by atoms with van der Waals surface area (Å²) in [6.45, 7) is 10.1. The van der Waals surface area contributed by atoms with Gasteiger partial charge in [-0.3, -0.25) is 14.4 Å². The number of Topliss-reactive ketones (excluding diaryl/α,β-unsaturated/α-hetero) is 1. The maximum atomic E-state index is 17.7. The largest absolute Gasteiger partial charge is 0.461 e. The highest BCUT2D eigenvalue weighted by atomic mass is 19.1. The van der Waals surface area contributed by atoms with E-state index < -0.39 is 149 Å². The molecule has 2 saturated heterocycles. The maximum Gasteiger partial charge on any atom is 0.332 e. The molecule has 6 fully saturated rings. The van der Waals surface area contributed by atoms with E-state index in [0.717, 1.165) is 0 Å². The summed E-state index contributed by atoms with van der Waals surface area (Å²) in [5.41, 5.74) is -9.39. The average molecular weight is 1040 g/mol. The van der Waals surface area contributed by atoms with Crippen LogP contribution in [0.3, 0.4) is 0 Å². The van der Waals surface area contributed by atoms with Gasteiger partial charge in [0.15, 0.2) is 46.7 Å². The first-order valence-corrected chi connectivity index (χ1v) is 26.3. The van der Waals surface area contributed by atoms with Crippen molar-refractivity contribution in [3.63, 3.8) is 0 Å². The first-order chi connectivity index (χ1) is 34.7. The molecule has 3 N–H and O–H groups in total. The number of ether oxygens (including phenoxy) is 9. The van der Waals surface area contributed by atoms with Crippen LogP contribution in [-0.4, -0.2) is 162 Å². The summed E-state index contributed by atoms with van der Waals surface area (Å²) in [5, 5.41) is 35.3. The number of esters is 2. The fourth-order valence-electron chi connectivity index (χ4n) is 16.4. The quantitative estimate of drug-likeness (QED) is 0.111. The molecule has 10 rings (SSSR count). The van der Waals surface area contributed by atoms with Gasteiger partial charge in [-0.2, -0.15) is 0 Å². The van der Waals surface area contributed by atoms with Crippen LogP contribution in [0.1, 0.15) is 99.8 Å². The zero-order valence-electron chi connectivity index (χ0n) is 43.4. The number of aliphatic hydroxyl groups is 3. The molecule has 17 nitrogen and oxygen atoms in total. The molecule has 74 heavy (non-hydrogen) atoms. The first-order valence-electron chi connectivity index (χ1n) is 26.3. The molecule has 2 heterocycles. The Morgan fingerprint density at radius 2 is 1.20 bits per heavy atom. The van der Waals surface area contributed by atoms with Gasteiger partial charge in [-0.05, 0) is 110 Å². The second-order valence-corrected chi connectivity index (χ2v) is 24.1. The van der Waals surface area contributed by atoms with Crippen molar-refractivity contribution in [1.29, 1.82) is 0 Å². The van der Waals surface area contributed by atoms with E-state index in [9.17, 15) is 39.3 Å². The molecule has 9 unspecified atom stereocenters. The highest BCUT2D eigenvalue weighted by Crippen LogP contribution is 2.73.